The van der Waals surface area contributed by atoms with E-state index in [-0.39, 0.29) is 4.90 Å². The zero-order chi connectivity index (χ0) is 25.7. The lowest BCUT2D eigenvalue weighted by molar-refractivity contribution is 0.319. The predicted molar refractivity (Wildman–Crippen MR) is 142 cm³/mol. The number of benzene rings is 3. The second-order valence-electron chi connectivity index (χ2n) is 8.32. The summed E-state index contributed by atoms with van der Waals surface area (Å²) in [6.07, 6.45) is 4.48. The number of nitriles is 1. The molecule has 3 aromatic carbocycles. The molecule has 2 N–H and O–H groups in total. The topological polar surface area (TPSA) is 121 Å². The number of hydrogen-bond donors (Lipinski definition) is 2. The number of rotatable bonds is 10. The lowest BCUT2D eigenvalue weighted by Crippen LogP contribution is -2.30. The Balaban J connectivity index is 1.42. The normalized spacial score (nSPS) is 12.3. The summed E-state index contributed by atoms with van der Waals surface area (Å²) in [6, 6.07) is 22.6. The van der Waals surface area contributed by atoms with Crippen LogP contribution in [0.3, 0.4) is 0 Å². The molecular formula is C27H23N5O3S2. The van der Waals surface area contributed by atoms with Gasteiger partial charge in [-0.15, -0.1) is 11.3 Å². The van der Waals surface area contributed by atoms with Crippen LogP contribution < -0.4 is 9.46 Å². The van der Waals surface area contributed by atoms with Gasteiger partial charge >= 0.3 is 0 Å². The summed E-state index contributed by atoms with van der Waals surface area (Å²) in [6.45, 7) is 0.472. The number of nitrogens with one attached hydrogen (secondary N) is 2. The molecule has 0 fully saturated rings. The van der Waals surface area contributed by atoms with Crippen molar-refractivity contribution >= 4 is 31.6 Å². The Morgan fingerprint density at radius 1 is 1.08 bits per heavy atom. The molecule has 0 aliphatic heterocycles. The number of imidazole rings is 1. The van der Waals surface area contributed by atoms with Gasteiger partial charge in [-0.2, -0.15) is 5.26 Å². The van der Waals surface area contributed by atoms with E-state index < -0.39 is 16.1 Å². The van der Waals surface area contributed by atoms with Crippen molar-refractivity contribution in [3.63, 3.8) is 0 Å². The average molecular weight is 530 g/mol. The summed E-state index contributed by atoms with van der Waals surface area (Å²) in [7, 11) is -3.80. The van der Waals surface area contributed by atoms with Crippen LogP contribution in [0.25, 0.3) is 10.2 Å². The third-order valence-corrected chi connectivity index (χ3v) is 8.30. The van der Waals surface area contributed by atoms with Gasteiger partial charge in [-0.25, -0.2) is 23.1 Å². The van der Waals surface area contributed by atoms with Gasteiger partial charge in [-0.1, -0.05) is 30.3 Å². The summed E-state index contributed by atoms with van der Waals surface area (Å²) >= 11 is 1.41. The number of H-pyrrole nitrogens is 1. The highest BCUT2D eigenvalue weighted by Crippen LogP contribution is 2.32. The fraction of sp³-hybridized carbons (Fsp3) is 0.148. The quantitative estimate of drug-likeness (QED) is 0.269. The maximum absolute atomic E-state index is 13.2. The summed E-state index contributed by atoms with van der Waals surface area (Å²) in [5, 5.41) is 9.93. The van der Waals surface area contributed by atoms with Crippen molar-refractivity contribution in [1.29, 1.82) is 5.26 Å². The third kappa shape index (κ3) is 6.03. The minimum absolute atomic E-state index is 0.180. The smallest absolute Gasteiger partial charge is 0.241 e. The van der Waals surface area contributed by atoms with Gasteiger partial charge in [0.2, 0.25) is 10.0 Å². The summed E-state index contributed by atoms with van der Waals surface area (Å²) in [5.74, 6) is 1.56. The molecular weight excluding hydrogens is 506 g/mol. The number of sulfonamides is 1. The van der Waals surface area contributed by atoms with Crippen LogP contribution in [0.2, 0.25) is 0 Å². The minimum Gasteiger partial charge on any atom is -0.493 e. The van der Waals surface area contributed by atoms with Crippen molar-refractivity contribution in [3.05, 3.63) is 107 Å². The van der Waals surface area contributed by atoms with Crippen LogP contribution in [0.15, 0.2) is 90.1 Å². The Bertz CT molecular complexity index is 1640. The summed E-state index contributed by atoms with van der Waals surface area (Å²) < 4.78 is 36.0. The molecule has 1 unspecified atom stereocenters. The van der Waals surface area contributed by atoms with Gasteiger partial charge in [0.05, 0.1) is 39.4 Å². The van der Waals surface area contributed by atoms with Gasteiger partial charge in [-0.3, -0.25) is 0 Å². The van der Waals surface area contributed by atoms with Crippen molar-refractivity contribution in [2.24, 2.45) is 0 Å². The van der Waals surface area contributed by atoms with E-state index in [1.165, 1.54) is 11.3 Å². The second-order valence-corrected chi connectivity index (χ2v) is 11.1. The number of nitrogens with zero attached hydrogens (tertiary/aromatic N) is 3. The van der Waals surface area contributed by atoms with Crippen LogP contribution in [0.4, 0.5) is 0 Å². The van der Waals surface area contributed by atoms with E-state index in [0.29, 0.717) is 35.8 Å². The van der Waals surface area contributed by atoms with E-state index in [1.54, 1.807) is 60.9 Å². The number of thiazole rings is 1. The fourth-order valence-corrected chi connectivity index (χ4v) is 6.24. The molecule has 0 bridgehead atoms. The predicted octanol–water partition coefficient (Wildman–Crippen LogP) is 4.77. The molecule has 0 amide bonds. The Hall–Kier alpha value is -4.04. The summed E-state index contributed by atoms with van der Waals surface area (Å²) in [4.78, 5) is 12.2. The first-order valence-corrected chi connectivity index (χ1v) is 13.9. The number of aromatic amines is 1. The van der Waals surface area contributed by atoms with Gasteiger partial charge in [0.15, 0.2) is 0 Å². The van der Waals surface area contributed by atoms with Crippen molar-refractivity contribution in [3.8, 4) is 11.8 Å². The molecule has 2 heterocycles. The maximum Gasteiger partial charge on any atom is 0.241 e. The van der Waals surface area contributed by atoms with E-state index >= 15 is 0 Å². The SMILES string of the molecule is N#Cc1cccc(CC(NS(=O)(=O)c2ccccc2)c2nc3ccc(OCCc4ncc[nH]4)cc3s2)c1. The van der Waals surface area contributed by atoms with Gasteiger partial charge < -0.3 is 9.72 Å². The third-order valence-electron chi connectivity index (χ3n) is 5.68. The van der Waals surface area contributed by atoms with Crippen molar-refractivity contribution < 1.29 is 13.2 Å². The molecule has 0 spiro atoms. The minimum atomic E-state index is -3.80. The van der Waals surface area contributed by atoms with E-state index in [4.69, 9.17) is 9.72 Å². The molecule has 0 saturated carbocycles. The van der Waals surface area contributed by atoms with Gasteiger partial charge in [-0.05, 0) is 54.4 Å². The van der Waals surface area contributed by atoms with E-state index in [2.05, 4.69) is 20.8 Å². The van der Waals surface area contributed by atoms with Crippen LogP contribution in [0.1, 0.15) is 28.0 Å². The first-order valence-electron chi connectivity index (χ1n) is 11.6. The van der Waals surface area contributed by atoms with Crippen LogP contribution in [-0.2, 0) is 22.9 Å². The largest absolute Gasteiger partial charge is 0.493 e. The molecule has 0 aliphatic carbocycles. The monoisotopic (exact) mass is 529 g/mol. The molecule has 2 aromatic heterocycles. The Morgan fingerprint density at radius 3 is 2.73 bits per heavy atom. The zero-order valence-corrected chi connectivity index (χ0v) is 21.3. The van der Waals surface area contributed by atoms with Crippen LogP contribution in [0.5, 0.6) is 5.75 Å². The molecule has 0 aliphatic rings. The first-order chi connectivity index (χ1) is 18.0. The lowest BCUT2D eigenvalue weighted by Gasteiger charge is -2.17. The van der Waals surface area contributed by atoms with E-state index in [9.17, 15) is 13.7 Å². The first kappa shape index (κ1) is 24.6. The molecule has 186 valence electrons. The van der Waals surface area contributed by atoms with Crippen LogP contribution >= 0.6 is 11.3 Å². The molecule has 5 aromatic rings. The molecule has 8 nitrogen and oxygen atoms in total. The van der Waals surface area contributed by atoms with Gasteiger partial charge in [0.25, 0.3) is 0 Å². The number of aromatic nitrogens is 3. The van der Waals surface area contributed by atoms with Gasteiger partial charge in [0, 0.05) is 18.8 Å². The average Bonchev–Trinajstić information content (AvgIpc) is 3.59. The van der Waals surface area contributed by atoms with Gasteiger partial charge in [0.1, 0.15) is 16.6 Å². The van der Waals surface area contributed by atoms with Crippen molar-refractivity contribution in [2.45, 2.75) is 23.8 Å². The molecule has 37 heavy (non-hydrogen) atoms. The van der Waals surface area contributed by atoms with Crippen LogP contribution in [0, 0.1) is 11.3 Å². The molecule has 0 saturated heterocycles. The fourth-order valence-electron chi connectivity index (χ4n) is 3.90. The number of ether oxygens (including phenoxy) is 1. The van der Waals surface area contributed by atoms with Crippen LogP contribution in [-0.4, -0.2) is 30.0 Å². The van der Waals surface area contributed by atoms with E-state index in [0.717, 1.165) is 21.6 Å². The molecule has 10 heteroatoms. The number of hydrogen-bond acceptors (Lipinski definition) is 7. The lowest BCUT2D eigenvalue weighted by atomic mass is 10.0. The highest BCUT2D eigenvalue weighted by Gasteiger charge is 2.25. The molecule has 5 rings (SSSR count). The Morgan fingerprint density at radius 2 is 1.95 bits per heavy atom. The zero-order valence-electron chi connectivity index (χ0n) is 19.7. The van der Waals surface area contributed by atoms with Crippen molar-refractivity contribution in [2.75, 3.05) is 6.61 Å². The Labute approximate surface area is 218 Å². The molecule has 1 atom stereocenters. The number of fused-ring (bicyclic) bond motifs is 1. The second kappa shape index (κ2) is 10.9. The summed E-state index contributed by atoms with van der Waals surface area (Å²) in [5.41, 5.74) is 2.11. The molecule has 0 radical (unpaired) electrons. The maximum atomic E-state index is 13.2. The highest BCUT2D eigenvalue weighted by molar-refractivity contribution is 7.89. The van der Waals surface area contributed by atoms with E-state index in [1.807, 2.05) is 24.3 Å². The standard InChI is InChI=1S/C27H23N5O3S2/c28-18-20-6-4-5-19(15-20)16-24(32-37(33,34)22-7-2-1-3-8-22)27-31-23-10-9-21(17-25(23)36-27)35-14-11-26-29-12-13-30-26/h1-10,12-13,15,17,24,32H,11,14,16H2,(H,29,30). The highest BCUT2D eigenvalue weighted by atomic mass is 32.2. The van der Waals surface area contributed by atoms with Crippen molar-refractivity contribution in [1.82, 2.24) is 19.7 Å². The Kier molecular flexibility index (Phi) is 7.28.